The van der Waals surface area contributed by atoms with Crippen LogP contribution in [0.25, 0.3) is 0 Å². The van der Waals surface area contributed by atoms with Crippen molar-refractivity contribution in [2.24, 2.45) is 0 Å². The molecule has 0 aromatic carbocycles. The van der Waals surface area contributed by atoms with Gasteiger partial charge in [-0.05, 0) is 51.7 Å². The number of unbranched alkanes of at least 4 members (excludes halogenated alkanes) is 26. The van der Waals surface area contributed by atoms with Crippen molar-refractivity contribution in [2.45, 2.75) is 213 Å². The van der Waals surface area contributed by atoms with Crippen molar-refractivity contribution in [1.82, 2.24) is 4.90 Å². The van der Waals surface area contributed by atoms with Gasteiger partial charge in [0.25, 0.3) is 0 Å². The summed E-state index contributed by atoms with van der Waals surface area (Å²) in [7, 11) is -3.89. The van der Waals surface area contributed by atoms with Gasteiger partial charge in [0, 0.05) is 0 Å². The summed E-state index contributed by atoms with van der Waals surface area (Å²) in [5.41, 5.74) is 0. The number of nitrogens with zero attached hydrogens (tertiary/aromatic N) is 1. The quantitative estimate of drug-likeness (QED) is 0.0535. The summed E-state index contributed by atoms with van der Waals surface area (Å²) < 4.78 is 22.5. The molecule has 0 bridgehead atoms. The summed E-state index contributed by atoms with van der Waals surface area (Å²) in [5, 5.41) is 0. The Morgan fingerprint density at radius 1 is 0.386 bits per heavy atom. The Bertz CT molecular complexity index is 573. The minimum absolute atomic E-state index is 0.316. The molecule has 0 saturated carbocycles. The maximum Gasteiger partial charge on any atom is 0.472 e. The van der Waals surface area contributed by atoms with Crippen molar-refractivity contribution in [3.05, 3.63) is 0 Å². The van der Waals surface area contributed by atoms with Crippen LogP contribution in [0.1, 0.15) is 213 Å². The van der Waals surface area contributed by atoms with E-state index < -0.39 is 7.82 Å². The molecule has 44 heavy (non-hydrogen) atoms. The summed E-state index contributed by atoms with van der Waals surface area (Å²) in [5.74, 6) is 0. The van der Waals surface area contributed by atoms with Crippen LogP contribution in [-0.4, -0.2) is 42.6 Å². The maximum atomic E-state index is 12.1. The van der Waals surface area contributed by atoms with Gasteiger partial charge in [-0.1, -0.05) is 181 Å². The molecule has 0 fully saturated rings. The smallest absolute Gasteiger partial charge is 0.303 e. The zero-order valence-electron chi connectivity index (χ0n) is 30.3. The van der Waals surface area contributed by atoms with Gasteiger partial charge < -0.3 is 9.79 Å². The molecule has 266 valence electrons. The van der Waals surface area contributed by atoms with E-state index in [1.165, 1.54) is 187 Å². The summed E-state index contributed by atoms with van der Waals surface area (Å²) in [6.07, 6.45) is 38.7. The van der Waals surface area contributed by atoms with Crippen LogP contribution in [0.15, 0.2) is 0 Å². The highest BCUT2D eigenvalue weighted by atomic mass is 31.2. The first-order valence-electron chi connectivity index (χ1n) is 19.9. The zero-order valence-corrected chi connectivity index (χ0v) is 31.2. The van der Waals surface area contributed by atoms with Gasteiger partial charge >= 0.3 is 7.82 Å². The van der Waals surface area contributed by atoms with Gasteiger partial charge in [-0.25, -0.2) is 4.57 Å². The van der Waals surface area contributed by atoms with E-state index in [0.29, 0.717) is 13.2 Å². The molecule has 0 aliphatic carbocycles. The molecule has 6 heteroatoms. The average molecular weight is 646 g/mol. The molecule has 1 atom stereocenters. The van der Waals surface area contributed by atoms with E-state index in [4.69, 9.17) is 9.05 Å². The van der Waals surface area contributed by atoms with Crippen LogP contribution in [0.4, 0.5) is 0 Å². The summed E-state index contributed by atoms with van der Waals surface area (Å²) in [6.45, 7) is 11.3. The second-order valence-electron chi connectivity index (χ2n) is 13.5. The topological polar surface area (TPSA) is 59.0 Å². The van der Waals surface area contributed by atoms with Crippen LogP contribution >= 0.6 is 7.82 Å². The van der Waals surface area contributed by atoms with Gasteiger partial charge in [-0.15, -0.1) is 0 Å². The van der Waals surface area contributed by atoms with Crippen molar-refractivity contribution in [3.8, 4) is 0 Å². The first-order chi connectivity index (χ1) is 21.6. The first-order valence-corrected chi connectivity index (χ1v) is 21.4. The highest BCUT2D eigenvalue weighted by Gasteiger charge is 2.20. The Hall–Kier alpha value is 0.0700. The Morgan fingerprint density at radius 3 is 0.886 bits per heavy atom. The summed E-state index contributed by atoms with van der Waals surface area (Å²) >= 11 is 0. The predicted molar refractivity (Wildman–Crippen MR) is 194 cm³/mol. The molecule has 0 heterocycles. The van der Waals surface area contributed by atoms with Gasteiger partial charge in [0.2, 0.25) is 0 Å². The highest BCUT2D eigenvalue weighted by molar-refractivity contribution is 7.47. The molecule has 0 radical (unpaired) electrons. The standard InChI is InChI=1S/C38H80NO4P/c1-4-7-10-13-16-17-18-22-27-32-37-42-44(40,41)43-38-33-28-23-21-26-31-36-39(34-29-24-19-14-11-8-5-2)35-30-25-20-15-12-9-6-3/h4-38H2,1-3H3,(H,40,41). The van der Waals surface area contributed by atoms with Crippen molar-refractivity contribution in [1.29, 1.82) is 0 Å². The van der Waals surface area contributed by atoms with Crippen LogP contribution < -0.4 is 0 Å². The molecule has 0 amide bonds. The minimum Gasteiger partial charge on any atom is -0.303 e. The number of hydrogen-bond acceptors (Lipinski definition) is 4. The highest BCUT2D eigenvalue weighted by Crippen LogP contribution is 2.43. The lowest BCUT2D eigenvalue weighted by Crippen LogP contribution is -2.27. The molecule has 0 aliphatic rings. The van der Waals surface area contributed by atoms with Crippen LogP contribution in [0, 0.1) is 0 Å². The number of hydrogen-bond donors (Lipinski definition) is 1. The number of rotatable bonds is 38. The van der Waals surface area contributed by atoms with E-state index in [2.05, 4.69) is 25.7 Å². The molecule has 0 rings (SSSR count). The second kappa shape index (κ2) is 35.9. The monoisotopic (exact) mass is 646 g/mol. The molecule has 1 N–H and O–H groups in total. The molecule has 0 spiro atoms. The normalized spacial score (nSPS) is 13.2. The van der Waals surface area contributed by atoms with Crippen molar-refractivity contribution >= 4 is 7.82 Å². The Morgan fingerprint density at radius 2 is 0.614 bits per heavy atom. The number of phosphoric acid groups is 1. The maximum absolute atomic E-state index is 12.1. The van der Waals surface area contributed by atoms with E-state index in [0.717, 1.165) is 25.7 Å². The SMILES string of the molecule is CCCCCCCCCCCCOP(=O)(O)OCCCCCCCCN(CCCCCCCCC)CCCCCCCCC. The van der Waals surface area contributed by atoms with Crippen LogP contribution in [0.2, 0.25) is 0 Å². The second-order valence-corrected chi connectivity index (χ2v) is 15.0. The van der Waals surface area contributed by atoms with E-state index in [1.54, 1.807) is 0 Å². The van der Waals surface area contributed by atoms with Crippen LogP contribution in [0.5, 0.6) is 0 Å². The summed E-state index contributed by atoms with van der Waals surface area (Å²) in [6, 6.07) is 0. The fourth-order valence-electron chi connectivity index (χ4n) is 6.05. The lowest BCUT2D eigenvalue weighted by molar-refractivity contribution is 0.145. The largest absolute Gasteiger partial charge is 0.472 e. The number of phosphoric ester groups is 1. The third-order valence-corrected chi connectivity index (χ3v) is 10.0. The van der Waals surface area contributed by atoms with Crippen LogP contribution in [0.3, 0.4) is 0 Å². The molecule has 0 aromatic rings. The van der Waals surface area contributed by atoms with Gasteiger partial charge in [0.15, 0.2) is 0 Å². The zero-order chi connectivity index (χ0) is 32.2. The Balaban J connectivity index is 3.82. The molecule has 5 nitrogen and oxygen atoms in total. The minimum atomic E-state index is -3.89. The van der Waals surface area contributed by atoms with Crippen molar-refractivity contribution in [3.63, 3.8) is 0 Å². The first kappa shape index (κ1) is 44.1. The van der Waals surface area contributed by atoms with Gasteiger partial charge in [-0.2, -0.15) is 0 Å². The fourth-order valence-corrected chi connectivity index (χ4v) is 6.85. The Labute approximate surface area is 277 Å². The molecule has 0 aliphatic heterocycles. The van der Waals surface area contributed by atoms with E-state index >= 15 is 0 Å². The summed E-state index contributed by atoms with van der Waals surface area (Å²) in [4.78, 5) is 12.7. The van der Waals surface area contributed by atoms with E-state index in [1.807, 2.05) is 0 Å². The molecule has 0 aromatic heterocycles. The van der Waals surface area contributed by atoms with Gasteiger partial charge in [-0.3, -0.25) is 9.05 Å². The lowest BCUT2D eigenvalue weighted by atomic mass is 10.1. The third kappa shape index (κ3) is 34.9. The van der Waals surface area contributed by atoms with E-state index in [-0.39, 0.29) is 0 Å². The van der Waals surface area contributed by atoms with Crippen molar-refractivity contribution in [2.75, 3.05) is 32.8 Å². The molecular weight excluding hydrogens is 565 g/mol. The van der Waals surface area contributed by atoms with E-state index in [9.17, 15) is 9.46 Å². The molecule has 0 saturated heterocycles. The third-order valence-electron chi connectivity index (χ3n) is 9.03. The van der Waals surface area contributed by atoms with Gasteiger partial charge in [0.1, 0.15) is 0 Å². The predicted octanol–water partition coefficient (Wildman–Crippen LogP) is 13.2. The Kier molecular flexibility index (Phi) is 36.0. The van der Waals surface area contributed by atoms with Crippen molar-refractivity contribution < 1.29 is 18.5 Å². The average Bonchev–Trinajstić information content (AvgIpc) is 3.01. The molecule has 1 unspecified atom stereocenters. The molecular formula is C38H80NO4P. The lowest BCUT2D eigenvalue weighted by Gasteiger charge is -2.22. The van der Waals surface area contributed by atoms with Gasteiger partial charge in [0.05, 0.1) is 13.2 Å². The fraction of sp³-hybridized carbons (Fsp3) is 1.00. The van der Waals surface area contributed by atoms with Crippen LogP contribution in [-0.2, 0) is 13.6 Å².